The maximum Gasteiger partial charge on any atom is 0.462 e. The van der Waals surface area contributed by atoms with Crippen LogP contribution in [0.1, 0.15) is 0 Å². The van der Waals surface area contributed by atoms with Crippen molar-refractivity contribution < 1.29 is 178 Å². The van der Waals surface area contributed by atoms with Crippen molar-refractivity contribution in [3.05, 3.63) is 0 Å². The van der Waals surface area contributed by atoms with Crippen LogP contribution in [0.4, 0.5) is 149 Å². The second kappa shape index (κ2) is 16.1. The largest absolute Gasteiger partial charge is 0.462 e. The molecule has 0 rings (SSSR count). The van der Waals surface area contributed by atoms with E-state index in [1.807, 2.05) is 0 Å². The van der Waals surface area contributed by atoms with Crippen LogP contribution in [0.3, 0.4) is 0 Å². The Morgan fingerprint density at radius 1 is 0.290 bits per heavy atom. The zero-order valence-corrected chi connectivity index (χ0v) is 26.7. The molecule has 0 saturated heterocycles. The lowest BCUT2D eigenvalue weighted by atomic mass is 10.2. The van der Waals surface area contributed by atoms with Crippen molar-refractivity contribution in [1.82, 2.24) is 10.6 Å². The summed E-state index contributed by atoms with van der Waals surface area (Å²) in [5.41, 5.74) is 0. The number of carbonyl (C=O) groups excluding carboxylic acids is 2. The van der Waals surface area contributed by atoms with Gasteiger partial charge in [0, 0.05) is 13.1 Å². The Bertz CT molecular complexity index is 1480. The summed E-state index contributed by atoms with van der Waals surface area (Å²) in [5.74, 6) is -57.7. The van der Waals surface area contributed by atoms with Gasteiger partial charge >= 0.3 is 96.8 Å². The lowest BCUT2D eigenvalue weighted by Gasteiger charge is -2.40. The fourth-order valence-corrected chi connectivity index (χ4v) is 2.91. The summed E-state index contributed by atoms with van der Waals surface area (Å²) < 4.78 is 454. The molecule has 0 aliphatic heterocycles. The van der Waals surface area contributed by atoms with Crippen LogP contribution in [-0.2, 0) is 28.5 Å². The first-order valence-corrected chi connectivity index (χ1v) is 13.2. The first-order valence-electron chi connectivity index (χ1n) is 13.2. The summed E-state index contributed by atoms with van der Waals surface area (Å²) in [6, 6.07) is 0. The van der Waals surface area contributed by atoms with Crippen molar-refractivity contribution in [2.24, 2.45) is 0 Å². The summed E-state index contributed by atoms with van der Waals surface area (Å²) in [5, 5.41) is -0.222. The van der Waals surface area contributed by atoms with E-state index in [-0.39, 0.29) is 10.6 Å². The summed E-state index contributed by atoms with van der Waals surface area (Å²) >= 11 is 0. The molecule has 2 amide bonds. The molecule has 42 heteroatoms. The van der Waals surface area contributed by atoms with E-state index < -0.39 is 122 Å². The molecule has 0 aliphatic carbocycles. The van der Waals surface area contributed by atoms with Gasteiger partial charge in [0.2, 0.25) is 0 Å². The molecule has 0 aromatic rings. The molecule has 0 radical (unpaired) electrons. The van der Waals surface area contributed by atoms with Crippen LogP contribution in [0, 0.1) is 0 Å². The van der Waals surface area contributed by atoms with Gasteiger partial charge in [-0.3, -0.25) is 28.5 Å². The van der Waals surface area contributed by atoms with Crippen LogP contribution in [-0.4, -0.2) is 122 Å². The van der Waals surface area contributed by atoms with Crippen molar-refractivity contribution in [2.75, 3.05) is 13.1 Å². The van der Waals surface area contributed by atoms with Crippen molar-refractivity contribution in [3.63, 3.8) is 0 Å². The van der Waals surface area contributed by atoms with E-state index in [1.54, 1.807) is 0 Å². The highest BCUT2D eigenvalue weighted by Gasteiger charge is 2.87. The highest BCUT2D eigenvalue weighted by atomic mass is 19.5. The molecule has 0 aromatic heterocycles. The molecule has 0 heterocycles. The topological polar surface area (TPSA) is 95.1 Å². The predicted octanol–water partition coefficient (Wildman–Crippen LogP) is 8.96. The highest BCUT2D eigenvalue weighted by Crippen LogP contribution is 2.58. The normalized spacial score (nSPS) is 19.2. The van der Waals surface area contributed by atoms with Crippen LogP contribution >= 0.6 is 0 Å². The van der Waals surface area contributed by atoms with Crippen molar-refractivity contribution >= 4 is 11.8 Å². The Morgan fingerprint density at radius 3 is 0.661 bits per heavy atom. The molecular weight excluding hydrogens is 1010 g/mol. The molecule has 0 spiro atoms. The minimum absolute atomic E-state index is 0.111. The second-order valence-corrected chi connectivity index (χ2v) is 10.5. The lowest BCUT2D eigenvalue weighted by molar-refractivity contribution is -0.548. The molecule has 0 aliphatic rings. The number of amides is 2. The number of ether oxygens (including phenoxy) is 4. The molecule has 62 heavy (non-hydrogen) atoms. The van der Waals surface area contributed by atoms with Crippen LogP contribution in [0.25, 0.3) is 0 Å². The highest BCUT2D eigenvalue weighted by molar-refractivity contribution is 5.85. The van der Waals surface area contributed by atoms with Crippen molar-refractivity contribution in [3.8, 4) is 0 Å². The Labute approximate surface area is 311 Å². The van der Waals surface area contributed by atoms with Gasteiger partial charge in [0.1, 0.15) is 0 Å². The monoisotopic (exact) mass is 1020 g/mol. The van der Waals surface area contributed by atoms with Crippen molar-refractivity contribution in [2.45, 2.75) is 96.8 Å². The average Bonchev–Trinajstić information content (AvgIpc) is 2.98. The van der Waals surface area contributed by atoms with Gasteiger partial charge in [0.05, 0.1) is 0 Å². The minimum Gasteiger partial charge on any atom is -0.349 e. The Morgan fingerprint density at radius 2 is 0.500 bits per heavy atom. The number of nitrogens with one attached hydrogen (secondary N) is 2. The summed E-state index contributed by atoms with van der Waals surface area (Å²) in [4.78, 5) is 23.2. The quantitative estimate of drug-likeness (QED) is 0.112. The molecule has 0 fully saturated rings. The molecule has 0 bridgehead atoms. The van der Waals surface area contributed by atoms with Gasteiger partial charge in [-0.2, -0.15) is 149 Å². The molecular formula is C20H6F34N2O6. The maximum absolute atomic E-state index is 14.5. The van der Waals surface area contributed by atoms with E-state index in [1.165, 1.54) is 9.47 Å². The van der Waals surface area contributed by atoms with Crippen LogP contribution in [0.5, 0.6) is 0 Å². The van der Waals surface area contributed by atoms with Gasteiger partial charge in [0.25, 0.3) is 11.8 Å². The molecule has 4 atom stereocenters. The van der Waals surface area contributed by atoms with Gasteiger partial charge in [-0.25, -0.2) is 0 Å². The van der Waals surface area contributed by atoms with Crippen molar-refractivity contribution in [1.29, 1.82) is 0 Å². The minimum atomic E-state index is -8.58. The van der Waals surface area contributed by atoms with E-state index in [2.05, 4.69) is 0 Å². The number of hydrogen-bond donors (Lipinski definition) is 2. The van der Waals surface area contributed by atoms with Gasteiger partial charge < -0.3 is 10.6 Å². The Kier molecular flexibility index (Phi) is 15.2. The molecule has 2 N–H and O–H groups in total. The summed E-state index contributed by atoms with van der Waals surface area (Å²) in [7, 11) is 0. The lowest BCUT2D eigenvalue weighted by Crippen LogP contribution is -2.69. The smallest absolute Gasteiger partial charge is 0.349 e. The SMILES string of the molecule is O=C(NCCNC(=O)C(F)(OC(F)(F)C(F)(OC(F)(F)C(F)(F)C(F)(F)F)C(F)(F)F)C(F)(F)F)C(F)(OC(F)(F)C(F)(OC(F)(F)C(F)(F)C(F)(F)F)C(F)(F)F)C(F)(F)F. The van der Waals surface area contributed by atoms with Gasteiger partial charge in [-0.05, 0) is 0 Å². The Hall–Kier alpha value is -3.60. The standard InChI is InChI=1S/C20H6F34N2O6/c21-5(11(29,30)31,59-19(51,52)9(27,15(41,42)43)61-17(47,48)7(23,24)13(35,36)37)3(57)55-1-2-56-4(58)6(22,12(32,33)34)60-20(53,54)10(28,16(44,45)46)62-18(49,50)8(25,26)14(38,39)40/h1-2H2,(H,55,57)(H,56,58). The summed E-state index contributed by atoms with van der Waals surface area (Å²) in [6.07, 6.45) is -82.1. The van der Waals surface area contributed by atoms with Crippen LogP contribution in [0.15, 0.2) is 0 Å². The third-order valence-electron chi connectivity index (χ3n) is 6.01. The van der Waals surface area contributed by atoms with E-state index in [9.17, 15) is 159 Å². The molecule has 370 valence electrons. The van der Waals surface area contributed by atoms with Crippen LogP contribution < -0.4 is 10.6 Å². The molecule has 8 nitrogen and oxygen atoms in total. The zero-order valence-electron chi connectivity index (χ0n) is 26.7. The summed E-state index contributed by atoms with van der Waals surface area (Å²) in [6.45, 7) is -5.43. The third-order valence-corrected chi connectivity index (χ3v) is 6.01. The molecule has 0 saturated carbocycles. The Balaban J connectivity index is 6.80. The molecule has 4 unspecified atom stereocenters. The first-order chi connectivity index (χ1) is 26.4. The third kappa shape index (κ3) is 10.3. The second-order valence-electron chi connectivity index (χ2n) is 10.5. The fraction of sp³-hybridized carbons (Fsp3) is 0.900. The average molecular weight is 1020 g/mol. The number of rotatable bonds is 17. The predicted molar refractivity (Wildman–Crippen MR) is 112 cm³/mol. The molecule has 0 aromatic carbocycles. The van der Waals surface area contributed by atoms with E-state index in [4.69, 9.17) is 0 Å². The van der Waals surface area contributed by atoms with E-state index in [0.717, 1.165) is 9.47 Å². The van der Waals surface area contributed by atoms with E-state index >= 15 is 0 Å². The zero-order chi connectivity index (χ0) is 50.8. The fourth-order valence-electron chi connectivity index (χ4n) is 2.91. The van der Waals surface area contributed by atoms with Gasteiger partial charge in [0.15, 0.2) is 0 Å². The van der Waals surface area contributed by atoms with Gasteiger partial charge in [-0.1, -0.05) is 0 Å². The van der Waals surface area contributed by atoms with Gasteiger partial charge in [-0.15, -0.1) is 0 Å². The first kappa shape index (κ1) is 58.4. The number of hydrogen-bond acceptors (Lipinski definition) is 6. The van der Waals surface area contributed by atoms with Crippen LogP contribution in [0.2, 0.25) is 0 Å². The number of halogens is 34. The number of carbonyl (C=O) groups is 2. The number of alkyl halides is 34. The maximum atomic E-state index is 14.5. The van der Waals surface area contributed by atoms with E-state index in [0.29, 0.717) is 0 Å².